The second kappa shape index (κ2) is 6.68. The normalized spacial score (nSPS) is 28.4. The van der Waals surface area contributed by atoms with E-state index in [4.69, 9.17) is 0 Å². The van der Waals surface area contributed by atoms with Crippen LogP contribution in [0.5, 0.6) is 0 Å². The van der Waals surface area contributed by atoms with Crippen molar-refractivity contribution in [2.75, 3.05) is 13.1 Å². The number of carbonyl (C=O) groups excluding carboxylic acids is 1. The summed E-state index contributed by atoms with van der Waals surface area (Å²) in [5.74, 6) is 1.59. The van der Waals surface area contributed by atoms with E-state index in [9.17, 15) is 4.79 Å². The summed E-state index contributed by atoms with van der Waals surface area (Å²) in [6, 6.07) is 1.17. The van der Waals surface area contributed by atoms with Crippen molar-refractivity contribution < 1.29 is 4.79 Å². The van der Waals surface area contributed by atoms with Crippen LogP contribution in [0.15, 0.2) is 0 Å². The molecule has 3 nitrogen and oxygen atoms in total. The maximum Gasteiger partial charge on any atom is 0.228 e. The van der Waals surface area contributed by atoms with E-state index in [0.717, 1.165) is 13.1 Å². The molecule has 1 aliphatic carbocycles. The molecule has 2 unspecified atom stereocenters. The van der Waals surface area contributed by atoms with Crippen molar-refractivity contribution >= 4 is 5.91 Å². The zero-order valence-electron chi connectivity index (χ0n) is 14.6. The highest BCUT2D eigenvalue weighted by molar-refractivity contribution is 5.81. The molecular weight excluding hydrogens is 260 g/mol. The SMILES string of the molecule is CC(C)C1CC(NC2CCCC2)CN(C(=O)C(C)(C)C)C1. The van der Waals surface area contributed by atoms with Crippen LogP contribution in [-0.4, -0.2) is 36.0 Å². The summed E-state index contributed by atoms with van der Waals surface area (Å²) < 4.78 is 0. The molecule has 0 aromatic rings. The average Bonchev–Trinajstić information content (AvgIpc) is 2.89. The van der Waals surface area contributed by atoms with Crippen LogP contribution in [0.2, 0.25) is 0 Å². The minimum Gasteiger partial charge on any atom is -0.340 e. The summed E-state index contributed by atoms with van der Waals surface area (Å²) in [6.45, 7) is 12.5. The molecule has 0 aromatic heterocycles. The van der Waals surface area contributed by atoms with E-state index in [2.05, 4.69) is 24.1 Å². The Labute approximate surface area is 130 Å². The topological polar surface area (TPSA) is 32.3 Å². The summed E-state index contributed by atoms with van der Waals surface area (Å²) in [5.41, 5.74) is -0.267. The number of nitrogens with one attached hydrogen (secondary N) is 1. The van der Waals surface area contributed by atoms with E-state index in [1.807, 2.05) is 20.8 Å². The first-order valence-corrected chi connectivity index (χ1v) is 8.83. The molecule has 21 heavy (non-hydrogen) atoms. The lowest BCUT2D eigenvalue weighted by Gasteiger charge is -2.43. The Kier molecular flexibility index (Phi) is 5.34. The van der Waals surface area contributed by atoms with Gasteiger partial charge in [-0.15, -0.1) is 0 Å². The zero-order valence-corrected chi connectivity index (χ0v) is 14.6. The number of nitrogens with zero attached hydrogens (tertiary/aromatic N) is 1. The van der Waals surface area contributed by atoms with E-state index >= 15 is 0 Å². The average molecular weight is 294 g/mol. The maximum atomic E-state index is 12.7. The van der Waals surface area contributed by atoms with Crippen molar-refractivity contribution in [3.63, 3.8) is 0 Å². The molecule has 0 spiro atoms. The molecule has 2 fully saturated rings. The van der Waals surface area contributed by atoms with Crippen LogP contribution in [0, 0.1) is 17.3 Å². The van der Waals surface area contributed by atoms with Crippen molar-refractivity contribution in [2.24, 2.45) is 17.3 Å². The maximum absolute atomic E-state index is 12.7. The second-order valence-electron chi connectivity index (χ2n) is 8.54. The van der Waals surface area contributed by atoms with Crippen LogP contribution >= 0.6 is 0 Å². The summed E-state index contributed by atoms with van der Waals surface area (Å²) in [7, 11) is 0. The number of hydrogen-bond donors (Lipinski definition) is 1. The molecule has 0 radical (unpaired) electrons. The molecule has 3 heteroatoms. The van der Waals surface area contributed by atoms with E-state index in [0.29, 0.717) is 29.8 Å². The quantitative estimate of drug-likeness (QED) is 0.865. The van der Waals surface area contributed by atoms with Gasteiger partial charge in [0.2, 0.25) is 5.91 Å². The third kappa shape index (κ3) is 4.45. The van der Waals surface area contributed by atoms with Crippen LogP contribution in [0.4, 0.5) is 0 Å². The van der Waals surface area contributed by atoms with Crippen molar-refractivity contribution in [3.05, 3.63) is 0 Å². The van der Waals surface area contributed by atoms with Crippen LogP contribution in [-0.2, 0) is 4.79 Å². The highest BCUT2D eigenvalue weighted by Gasteiger charge is 2.36. The smallest absolute Gasteiger partial charge is 0.228 e. The summed E-state index contributed by atoms with van der Waals surface area (Å²) >= 11 is 0. The molecule has 0 bridgehead atoms. The highest BCUT2D eigenvalue weighted by Crippen LogP contribution is 2.29. The molecule has 2 atom stereocenters. The van der Waals surface area contributed by atoms with Crippen molar-refractivity contribution in [3.8, 4) is 0 Å². The summed E-state index contributed by atoms with van der Waals surface area (Å²) in [5, 5.41) is 3.85. The van der Waals surface area contributed by atoms with Gasteiger partial charge in [0, 0.05) is 30.6 Å². The lowest BCUT2D eigenvalue weighted by Crippen LogP contribution is -2.55. The van der Waals surface area contributed by atoms with E-state index in [1.165, 1.54) is 32.1 Å². The monoisotopic (exact) mass is 294 g/mol. The van der Waals surface area contributed by atoms with Gasteiger partial charge in [-0.2, -0.15) is 0 Å². The van der Waals surface area contributed by atoms with Crippen molar-refractivity contribution in [1.29, 1.82) is 0 Å². The fourth-order valence-corrected chi connectivity index (χ4v) is 3.81. The van der Waals surface area contributed by atoms with Gasteiger partial charge in [0.15, 0.2) is 0 Å². The lowest BCUT2D eigenvalue weighted by molar-refractivity contribution is -0.142. The minimum absolute atomic E-state index is 0.267. The predicted molar refractivity (Wildman–Crippen MR) is 88.2 cm³/mol. The molecule has 1 N–H and O–H groups in total. The van der Waals surface area contributed by atoms with Crippen LogP contribution in [0.3, 0.4) is 0 Å². The number of piperidine rings is 1. The minimum atomic E-state index is -0.267. The molecule has 2 rings (SSSR count). The Morgan fingerprint density at radius 1 is 1.10 bits per heavy atom. The van der Waals surface area contributed by atoms with Gasteiger partial charge >= 0.3 is 0 Å². The molecule has 0 aromatic carbocycles. The lowest BCUT2D eigenvalue weighted by atomic mass is 9.83. The number of likely N-dealkylation sites (tertiary alicyclic amines) is 1. The fourth-order valence-electron chi connectivity index (χ4n) is 3.81. The first kappa shape index (κ1) is 16.8. The number of carbonyl (C=O) groups is 1. The Hall–Kier alpha value is -0.570. The fraction of sp³-hybridized carbons (Fsp3) is 0.944. The molecule has 1 saturated heterocycles. The molecule has 1 amide bonds. The second-order valence-corrected chi connectivity index (χ2v) is 8.54. The zero-order chi connectivity index (χ0) is 15.6. The Morgan fingerprint density at radius 2 is 1.71 bits per heavy atom. The molecule has 122 valence electrons. The molecule has 1 saturated carbocycles. The summed E-state index contributed by atoms with van der Waals surface area (Å²) in [6.07, 6.45) is 6.58. The third-order valence-electron chi connectivity index (χ3n) is 5.18. The van der Waals surface area contributed by atoms with Crippen LogP contribution < -0.4 is 5.32 Å². The standard InChI is InChI=1S/C18H34N2O/c1-13(2)14-10-16(19-15-8-6-7-9-15)12-20(11-14)17(21)18(3,4)5/h13-16,19H,6-12H2,1-5H3. The van der Waals surface area contributed by atoms with Crippen molar-refractivity contribution in [2.45, 2.75) is 78.8 Å². The van der Waals surface area contributed by atoms with Gasteiger partial charge in [-0.1, -0.05) is 47.5 Å². The van der Waals surface area contributed by atoms with Gasteiger partial charge in [-0.05, 0) is 31.1 Å². The van der Waals surface area contributed by atoms with Gasteiger partial charge in [0.1, 0.15) is 0 Å². The first-order chi connectivity index (χ1) is 9.77. The van der Waals surface area contributed by atoms with E-state index < -0.39 is 0 Å². The predicted octanol–water partition coefficient (Wildman–Crippen LogP) is 3.44. The van der Waals surface area contributed by atoms with Gasteiger partial charge in [0.25, 0.3) is 0 Å². The van der Waals surface area contributed by atoms with Gasteiger partial charge in [-0.3, -0.25) is 4.79 Å². The van der Waals surface area contributed by atoms with E-state index in [1.54, 1.807) is 0 Å². The Balaban J connectivity index is 2.02. The van der Waals surface area contributed by atoms with Gasteiger partial charge in [-0.25, -0.2) is 0 Å². The van der Waals surface area contributed by atoms with Gasteiger partial charge < -0.3 is 10.2 Å². The van der Waals surface area contributed by atoms with Crippen LogP contribution in [0.1, 0.15) is 66.7 Å². The third-order valence-corrected chi connectivity index (χ3v) is 5.18. The molecule has 1 heterocycles. The largest absolute Gasteiger partial charge is 0.340 e. The number of hydrogen-bond acceptors (Lipinski definition) is 2. The number of rotatable bonds is 3. The number of amides is 1. The summed E-state index contributed by atoms with van der Waals surface area (Å²) in [4.78, 5) is 14.8. The molecule has 2 aliphatic rings. The highest BCUT2D eigenvalue weighted by atomic mass is 16.2. The van der Waals surface area contributed by atoms with Gasteiger partial charge in [0.05, 0.1) is 0 Å². The molecule has 1 aliphatic heterocycles. The Morgan fingerprint density at radius 3 is 2.24 bits per heavy atom. The van der Waals surface area contributed by atoms with E-state index in [-0.39, 0.29) is 5.41 Å². The first-order valence-electron chi connectivity index (χ1n) is 8.83. The Bertz CT molecular complexity index is 351. The molecular formula is C18H34N2O. The van der Waals surface area contributed by atoms with Crippen molar-refractivity contribution in [1.82, 2.24) is 10.2 Å². The van der Waals surface area contributed by atoms with Crippen LogP contribution in [0.25, 0.3) is 0 Å².